The monoisotopic (exact) mass is 373 g/mol. The van der Waals surface area contributed by atoms with Crippen LogP contribution in [0.25, 0.3) is 10.6 Å². The van der Waals surface area contributed by atoms with Crippen LogP contribution in [0.2, 0.25) is 0 Å². The zero-order valence-corrected chi connectivity index (χ0v) is 15.3. The molecule has 128 valence electrons. The predicted octanol–water partition coefficient (Wildman–Crippen LogP) is 4.14. The van der Waals surface area contributed by atoms with Gasteiger partial charge in [0, 0.05) is 17.6 Å². The number of anilines is 3. The molecule has 0 atom stereocenters. The molecule has 2 heterocycles. The van der Waals surface area contributed by atoms with Crippen molar-refractivity contribution < 1.29 is 4.79 Å². The van der Waals surface area contributed by atoms with E-state index in [4.69, 9.17) is 11.6 Å². The van der Waals surface area contributed by atoms with Crippen LogP contribution < -0.4 is 10.6 Å². The van der Waals surface area contributed by atoms with Crippen molar-refractivity contribution in [3.8, 4) is 10.6 Å². The average molecular weight is 374 g/mol. The molecule has 0 spiro atoms. The molecule has 0 fully saturated rings. The van der Waals surface area contributed by atoms with Gasteiger partial charge in [0.05, 0.1) is 21.3 Å². The Labute approximate surface area is 154 Å². The van der Waals surface area contributed by atoms with Crippen LogP contribution >= 0.6 is 22.9 Å². The van der Waals surface area contributed by atoms with Gasteiger partial charge in [0.25, 0.3) is 0 Å². The Morgan fingerprint density at radius 3 is 2.48 bits per heavy atom. The molecule has 3 aromatic rings. The maximum Gasteiger partial charge on any atom is 0.239 e. The second-order valence-corrected chi connectivity index (χ2v) is 6.77. The number of aromatic nitrogens is 3. The van der Waals surface area contributed by atoms with Gasteiger partial charge in [-0.3, -0.25) is 4.79 Å². The summed E-state index contributed by atoms with van der Waals surface area (Å²) in [5, 5.41) is 6.85. The van der Waals surface area contributed by atoms with Gasteiger partial charge in [-0.1, -0.05) is 0 Å². The number of alkyl halides is 1. The fourth-order valence-electron chi connectivity index (χ4n) is 2.27. The van der Waals surface area contributed by atoms with E-state index in [-0.39, 0.29) is 11.8 Å². The summed E-state index contributed by atoms with van der Waals surface area (Å²) in [5.74, 6) is 0.186. The number of nitrogens with one attached hydrogen (secondary N) is 2. The minimum atomic E-state index is -0.242. The van der Waals surface area contributed by atoms with Gasteiger partial charge < -0.3 is 10.6 Å². The van der Waals surface area contributed by atoms with Gasteiger partial charge in [-0.2, -0.15) is 0 Å². The number of carbonyl (C=O) groups excluding carboxylic acids is 1. The van der Waals surface area contributed by atoms with Crippen molar-refractivity contribution in [3.05, 3.63) is 47.2 Å². The highest BCUT2D eigenvalue weighted by Crippen LogP contribution is 2.28. The summed E-state index contributed by atoms with van der Waals surface area (Å²) in [4.78, 5) is 25.6. The fourth-order valence-corrected chi connectivity index (χ4v) is 3.23. The number of nitrogens with zero attached hydrogens (tertiary/aromatic N) is 3. The summed E-state index contributed by atoms with van der Waals surface area (Å²) < 4.78 is 0. The largest absolute Gasteiger partial charge is 0.325 e. The lowest BCUT2D eigenvalue weighted by Crippen LogP contribution is -2.12. The van der Waals surface area contributed by atoms with E-state index < -0.39 is 0 Å². The Kier molecular flexibility index (Phi) is 5.25. The third-order valence-electron chi connectivity index (χ3n) is 3.34. The molecule has 2 N–H and O–H groups in total. The Bertz CT molecular complexity index is 894. The highest BCUT2D eigenvalue weighted by molar-refractivity contribution is 7.15. The first-order valence-corrected chi connectivity index (χ1v) is 8.90. The van der Waals surface area contributed by atoms with Crippen molar-refractivity contribution in [3.63, 3.8) is 0 Å². The Hall–Kier alpha value is -2.51. The molecule has 0 bridgehead atoms. The average Bonchev–Trinajstić information content (AvgIpc) is 2.95. The van der Waals surface area contributed by atoms with Crippen molar-refractivity contribution in [2.45, 2.75) is 13.8 Å². The van der Waals surface area contributed by atoms with Crippen LogP contribution in [0.4, 0.5) is 17.3 Å². The maximum atomic E-state index is 11.3. The van der Waals surface area contributed by atoms with Gasteiger partial charge in [0.2, 0.25) is 11.9 Å². The van der Waals surface area contributed by atoms with E-state index in [0.717, 1.165) is 27.0 Å². The molecule has 1 aromatic carbocycles. The molecule has 25 heavy (non-hydrogen) atoms. The van der Waals surface area contributed by atoms with E-state index in [1.165, 1.54) is 0 Å². The van der Waals surface area contributed by atoms with E-state index in [1.807, 2.05) is 32.0 Å². The van der Waals surface area contributed by atoms with Gasteiger partial charge in [0.1, 0.15) is 5.88 Å². The van der Waals surface area contributed by atoms with Crippen molar-refractivity contribution in [2.24, 2.45) is 0 Å². The summed E-state index contributed by atoms with van der Waals surface area (Å²) in [7, 11) is 0. The zero-order chi connectivity index (χ0) is 17.8. The molecule has 8 heteroatoms. The lowest BCUT2D eigenvalue weighted by Gasteiger charge is -2.08. The third kappa shape index (κ3) is 4.32. The minimum Gasteiger partial charge on any atom is -0.325 e. The number of rotatable bonds is 5. The molecule has 3 rings (SSSR count). The van der Waals surface area contributed by atoms with Crippen LogP contribution in [0.1, 0.15) is 10.7 Å². The van der Waals surface area contributed by atoms with Crippen molar-refractivity contribution in [1.82, 2.24) is 15.0 Å². The van der Waals surface area contributed by atoms with Gasteiger partial charge in [-0.05, 0) is 44.2 Å². The number of benzene rings is 1. The standard InChI is InChI=1S/C17H16ClN5OS/c1-10-16(25-11(2)20-10)14-7-8-19-17(23-14)22-13-5-3-12(4-6-13)21-15(24)9-18/h3-8H,9H2,1-2H3,(H,21,24)(H,19,22,23). The molecule has 0 saturated carbocycles. The topological polar surface area (TPSA) is 79.8 Å². The number of carbonyl (C=O) groups is 1. The van der Waals surface area contributed by atoms with Crippen LogP contribution in [-0.2, 0) is 4.79 Å². The molecule has 0 aliphatic heterocycles. The van der Waals surface area contributed by atoms with Crippen molar-refractivity contribution in [2.75, 3.05) is 16.5 Å². The van der Waals surface area contributed by atoms with Crippen molar-refractivity contribution >= 4 is 46.2 Å². The minimum absolute atomic E-state index is 0.0723. The molecule has 0 aliphatic rings. The normalized spacial score (nSPS) is 10.5. The number of hydrogen-bond acceptors (Lipinski definition) is 6. The summed E-state index contributed by atoms with van der Waals surface area (Å²) in [6.45, 7) is 3.95. The summed E-state index contributed by atoms with van der Waals surface area (Å²) in [6, 6.07) is 9.11. The van der Waals surface area contributed by atoms with E-state index in [2.05, 4.69) is 25.6 Å². The summed E-state index contributed by atoms with van der Waals surface area (Å²) in [5.41, 5.74) is 3.30. The number of hydrogen-bond donors (Lipinski definition) is 2. The van der Waals surface area contributed by atoms with E-state index in [1.54, 1.807) is 29.7 Å². The van der Waals surface area contributed by atoms with Crippen LogP contribution in [0.3, 0.4) is 0 Å². The van der Waals surface area contributed by atoms with Crippen LogP contribution in [0, 0.1) is 13.8 Å². The molecule has 2 aromatic heterocycles. The molecule has 1 amide bonds. The third-order valence-corrected chi connectivity index (χ3v) is 4.68. The zero-order valence-electron chi connectivity index (χ0n) is 13.7. The number of halogens is 1. The lowest BCUT2D eigenvalue weighted by molar-refractivity contribution is -0.113. The Balaban J connectivity index is 1.76. The van der Waals surface area contributed by atoms with Crippen LogP contribution in [-0.4, -0.2) is 26.7 Å². The first-order valence-electron chi connectivity index (χ1n) is 7.55. The molecule has 0 unspecified atom stereocenters. The van der Waals surface area contributed by atoms with Crippen LogP contribution in [0.5, 0.6) is 0 Å². The van der Waals surface area contributed by atoms with Gasteiger partial charge >= 0.3 is 0 Å². The maximum absolute atomic E-state index is 11.3. The second kappa shape index (κ2) is 7.58. The van der Waals surface area contributed by atoms with Gasteiger partial charge in [-0.15, -0.1) is 22.9 Å². The second-order valence-electron chi connectivity index (χ2n) is 5.30. The molecule has 6 nitrogen and oxygen atoms in total. The lowest BCUT2D eigenvalue weighted by atomic mass is 10.2. The highest BCUT2D eigenvalue weighted by atomic mass is 35.5. The molecule has 0 aliphatic carbocycles. The number of thiazole rings is 1. The number of amides is 1. The fraction of sp³-hybridized carbons (Fsp3) is 0.176. The first-order chi connectivity index (χ1) is 12.0. The van der Waals surface area contributed by atoms with E-state index in [0.29, 0.717) is 11.6 Å². The van der Waals surface area contributed by atoms with E-state index in [9.17, 15) is 4.79 Å². The molecule has 0 radical (unpaired) electrons. The van der Waals surface area contributed by atoms with Gasteiger partial charge in [-0.25, -0.2) is 15.0 Å². The Morgan fingerprint density at radius 2 is 1.84 bits per heavy atom. The number of aryl methyl sites for hydroxylation is 2. The summed E-state index contributed by atoms with van der Waals surface area (Å²) in [6.07, 6.45) is 1.72. The van der Waals surface area contributed by atoms with Crippen molar-refractivity contribution in [1.29, 1.82) is 0 Å². The highest BCUT2D eigenvalue weighted by Gasteiger charge is 2.10. The molecule has 0 saturated heterocycles. The summed E-state index contributed by atoms with van der Waals surface area (Å²) >= 11 is 7.09. The van der Waals surface area contributed by atoms with Crippen LogP contribution in [0.15, 0.2) is 36.5 Å². The molecular formula is C17H16ClN5OS. The first kappa shape index (κ1) is 17.3. The van der Waals surface area contributed by atoms with Gasteiger partial charge in [0.15, 0.2) is 0 Å². The molecular weight excluding hydrogens is 358 g/mol. The Morgan fingerprint density at radius 1 is 1.12 bits per heavy atom. The van der Waals surface area contributed by atoms with E-state index >= 15 is 0 Å². The SMILES string of the molecule is Cc1nc(C)c(-c2ccnc(Nc3ccc(NC(=O)CCl)cc3)n2)s1. The smallest absolute Gasteiger partial charge is 0.239 e. The predicted molar refractivity (Wildman–Crippen MR) is 102 cm³/mol. The quantitative estimate of drug-likeness (QED) is 0.657.